The largest absolute Gasteiger partial charge is 0.416 e. The van der Waals surface area contributed by atoms with Gasteiger partial charge in [-0.2, -0.15) is 13.2 Å². The van der Waals surface area contributed by atoms with Gasteiger partial charge in [0.2, 0.25) is 5.91 Å². The van der Waals surface area contributed by atoms with E-state index >= 15 is 0 Å². The number of rotatable bonds is 2. The summed E-state index contributed by atoms with van der Waals surface area (Å²) in [7, 11) is 0. The molecule has 1 spiro atoms. The Morgan fingerprint density at radius 1 is 1.15 bits per heavy atom. The maximum Gasteiger partial charge on any atom is 0.416 e. The Bertz CT molecular complexity index is 716. The van der Waals surface area contributed by atoms with E-state index in [2.05, 4.69) is 0 Å². The van der Waals surface area contributed by atoms with E-state index in [1.165, 1.54) is 12.1 Å². The monoisotopic (exact) mass is 420 g/mol. The Kier molecular flexibility index (Phi) is 5.68. The van der Waals surface area contributed by atoms with Crippen molar-refractivity contribution in [3.63, 3.8) is 0 Å². The van der Waals surface area contributed by atoms with Crippen molar-refractivity contribution in [2.45, 2.75) is 36.2 Å². The summed E-state index contributed by atoms with van der Waals surface area (Å²) in [5.74, 6) is 0.390. The number of benzene rings is 1. The maximum atomic E-state index is 12.9. The summed E-state index contributed by atoms with van der Waals surface area (Å²) in [5.41, 5.74) is -0.524. The molecule has 0 aromatic heterocycles. The lowest BCUT2D eigenvalue weighted by atomic mass is 10.0. The van der Waals surface area contributed by atoms with Crippen LogP contribution >= 0.6 is 23.4 Å². The van der Waals surface area contributed by atoms with Crippen molar-refractivity contribution in [3.8, 4) is 0 Å². The van der Waals surface area contributed by atoms with Gasteiger partial charge in [0.15, 0.2) is 0 Å². The van der Waals surface area contributed by atoms with Crippen molar-refractivity contribution in [2.75, 3.05) is 25.4 Å². The highest BCUT2D eigenvalue weighted by atomic mass is 35.5. The molecule has 2 amide bonds. The van der Waals surface area contributed by atoms with E-state index in [0.717, 1.165) is 17.9 Å². The van der Waals surface area contributed by atoms with Crippen LogP contribution in [-0.4, -0.2) is 57.2 Å². The summed E-state index contributed by atoms with van der Waals surface area (Å²) < 4.78 is 38.2. The first kappa shape index (κ1) is 20.3. The van der Waals surface area contributed by atoms with Crippen LogP contribution in [0.3, 0.4) is 0 Å². The zero-order chi connectivity index (χ0) is 19.8. The summed E-state index contributed by atoms with van der Waals surface area (Å²) in [5, 5.41) is -0.583. The van der Waals surface area contributed by atoms with Crippen LogP contribution in [0.15, 0.2) is 24.3 Å². The molecule has 0 bridgehead atoms. The lowest BCUT2D eigenvalue weighted by Crippen LogP contribution is -2.54. The predicted octanol–water partition coefficient (Wildman–Crippen LogP) is 3.84. The quantitative estimate of drug-likeness (QED) is 0.682. The van der Waals surface area contributed by atoms with Gasteiger partial charge in [0.1, 0.15) is 5.38 Å². The number of nitrogens with zero attached hydrogens (tertiary/aromatic N) is 2. The Morgan fingerprint density at radius 2 is 1.74 bits per heavy atom. The fraction of sp³-hybridized carbons (Fsp3) is 0.556. The Labute approximate surface area is 165 Å². The van der Waals surface area contributed by atoms with Crippen LogP contribution in [0.1, 0.15) is 35.7 Å². The van der Waals surface area contributed by atoms with Gasteiger partial charge in [-0.1, -0.05) is 0 Å². The van der Waals surface area contributed by atoms with Crippen molar-refractivity contribution >= 4 is 35.2 Å². The van der Waals surface area contributed by atoms with Crippen molar-refractivity contribution < 1.29 is 22.8 Å². The molecule has 2 aliphatic heterocycles. The minimum absolute atomic E-state index is 0.116. The average molecular weight is 421 g/mol. The van der Waals surface area contributed by atoms with Gasteiger partial charge in [0.25, 0.3) is 5.91 Å². The lowest BCUT2D eigenvalue weighted by Gasteiger charge is -2.44. The van der Waals surface area contributed by atoms with Crippen molar-refractivity contribution in [1.29, 1.82) is 0 Å². The molecule has 1 unspecified atom stereocenters. The summed E-state index contributed by atoms with van der Waals surface area (Å²) in [6, 6.07) is 4.34. The number of carbonyl (C=O) groups is 2. The molecule has 1 aromatic carbocycles. The molecule has 3 rings (SSSR count). The van der Waals surface area contributed by atoms with Gasteiger partial charge in [0, 0.05) is 31.0 Å². The van der Waals surface area contributed by atoms with E-state index in [1.807, 2.05) is 0 Å². The van der Waals surface area contributed by atoms with Gasteiger partial charge in [0.05, 0.1) is 10.4 Å². The fourth-order valence-corrected chi connectivity index (χ4v) is 5.19. The Balaban J connectivity index is 1.73. The molecular formula is C18H20ClF3N2O2S. The SMILES string of the molecule is CC(Cl)C(=O)N1CCC2(CC1)SCCN2C(=O)c1ccc(C(F)(F)F)cc1. The number of piperidine rings is 1. The van der Waals surface area contributed by atoms with E-state index < -0.39 is 22.0 Å². The number of halogens is 4. The number of hydrogen-bond donors (Lipinski definition) is 0. The Morgan fingerprint density at radius 3 is 2.26 bits per heavy atom. The third kappa shape index (κ3) is 4.06. The second-order valence-electron chi connectivity index (χ2n) is 6.77. The van der Waals surface area contributed by atoms with Gasteiger partial charge < -0.3 is 9.80 Å². The van der Waals surface area contributed by atoms with Gasteiger partial charge in [-0.15, -0.1) is 23.4 Å². The molecule has 4 nitrogen and oxygen atoms in total. The second kappa shape index (κ2) is 7.54. The molecule has 2 aliphatic rings. The minimum Gasteiger partial charge on any atom is -0.341 e. The third-order valence-corrected chi connectivity index (χ3v) is 6.82. The van der Waals surface area contributed by atoms with Crippen LogP contribution in [0, 0.1) is 0 Å². The molecule has 0 N–H and O–H groups in total. The van der Waals surface area contributed by atoms with Gasteiger partial charge >= 0.3 is 6.18 Å². The smallest absolute Gasteiger partial charge is 0.341 e. The third-order valence-electron chi connectivity index (χ3n) is 5.08. The first-order chi connectivity index (χ1) is 12.6. The van der Waals surface area contributed by atoms with Crippen LogP contribution in [-0.2, 0) is 11.0 Å². The summed E-state index contributed by atoms with van der Waals surface area (Å²) in [4.78, 5) is 28.1. The summed E-state index contributed by atoms with van der Waals surface area (Å²) >= 11 is 7.56. The molecule has 2 fully saturated rings. The molecule has 27 heavy (non-hydrogen) atoms. The predicted molar refractivity (Wildman–Crippen MR) is 98.8 cm³/mol. The number of hydrogen-bond acceptors (Lipinski definition) is 3. The van der Waals surface area contributed by atoms with Crippen LogP contribution in [0.25, 0.3) is 0 Å². The van der Waals surface area contributed by atoms with E-state index in [0.29, 0.717) is 32.5 Å². The van der Waals surface area contributed by atoms with Gasteiger partial charge in [-0.25, -0.2) is 0 Å². The van der Waals surface area contributed by atoms with E-state index in [4.69, 9.17) is 11.6 Å². The molecule has 0 aliphatic carbocycles. The van der Waals surface area contributed by atoms with Crippen molar-refractivity contribution in [2.24, 2.45) is 0 Å². The Hall–Kier alpha value is -1.41. The molecule has 1 aromatic rings. The lowest BCUT2D eigenvalue weighted by molar-refractivity contribution is -0.137. The molecule has 0 saturated carbocycles. The summed E-state index contributed by atoms with van der Waals surface area (Å²) in [6.45, 7) is 3.21. The minimum atomic E-state index is -4.43. The highest BCUT2D eigenvalue weighted by Gasteiger charge is 2.47. The van der Waals surface area contributed by atoms with Crippen LogP contribution in [0.5, 0.6) is 0 Å². The van der Waals surface area contributed by atoms with E-state index in [-0.39, 0.29) is 17.4 Å². The zero-order valence-corrected chi connectivity index (χ0v) is 16.3. The highest BCUT2D eigenvalue weighted by Crippen LogP contribution is 2.44. The maximum absolute atomic E-state index is 12.9. The average Bonchev–Trinajstić information content (AvgIpc) is 3.03. The highest BCUT2D eigenvalue weighted by molar-refractivity contribution is 8.00. The first-order valence-corrected chi connectivity index (χ1v) is 10.1. The van der Waals surface area contributed by atoms with Crippen LogP contribution in [0.4, 0.5) is 13.2 Å². The zero-order valence-electron chi connectivity index (χ0n) is 14.8. The van der Waals surface area contributed by atoms with Gasteiger partial charge in [-0.3, -0.25) is 9.59 Å². The van der Waals surface area contributed by atoms with Crippen LogP contribution in [0.2, 0.25) is 0 Å². The topological polar surface area (TPSA) is 40.6 Å². The van der Waals surface area contributed by atoms with Crippen molar-refractivity contribution in [1.82, 2.24) is 9.80 Å². The molecule has 9 heteroatoms. The number of amides is 2. The molecule has 1 atom stereocenters. The number of thioether (sulfide) groups is 1. The van der Waals surface area contributed by atoms with E-state index in [1.54, 1.807) is 28.5 Å². The fourth-order valence-electron chi connectivity index (χ4n) is 3.60. The number of likely N-dealkylation sites (tertiary alicyclic amines) is 1. The number of carbonyl (C=O) groups excluding carboxylic acids is 2. The van der Waals surface area contributed by atoms with Crippen LogP contribution < -0.4 is 0 Å². The second-order valence-corrected chi connectivity index (χ2v) is 8.88. The molecule has 0 radical (unpaired) electrons. The van der Waals surface area contributed by atoms with Gasteiger partial charge in [-0.05, 0) is 44.0 Å². The molecule has 2 saturated heterocycles. The van der Waals surface area contributed by atoms with Crippen molar-refractivity contribution in [3.05, 3.63) is 35.4 Å². The van der Waals surface area contributed by atoms with E-state index in [9.17, 15) is 22.8 Å². The summed E-state index contributed by atoms with van der Waals surface area (Å²) in [6.07, 6.45) is -3.18. The molecule has 2 heterocycles. The number of alkyl halides is 4. The molecule has 148 valence electrons. The standard InChI is InChI=1S/C18H20ClF3N2O2S/c1-12(19)15(25)23-8-6-17(7-9-23)24(10-11-27-17)16(26)13-2-4-14(5-3-13)18(20,21)22/h2-5,12H,6-11H2,1H3. The first-order valence-electron chi connectivity index (χ1n) is 8.70. The molecular weight excluding hydrogens is 401 g/mol. The normalized spacial score (nSPS) is 20.8.